The number of sulfone groups is 1. The van der Waals surface area contributed by atoms with Gasteiger partial charge in [-0.1, -0.05) is 12.1 Å². The Labute approximate surface area is 176 Å². The quantitative estimate of drug-likeness (QED) is 0.356. The molecular formula is C18H24IN3O4S. The standard InChI is InChI=1S/C18H23N3O4S.HI/c1-12-9-13(5-8-17(12)26(4,22)23)11-20-18(19)21-14-6-7-15(24-2)16(10-14)25-3;/h5-10H,11H2,1-4H3,(H3,19,20,21);1H. The normalized spacial score (nSPS) is 11.5. The largest absolute Gasteiger partial charge is 0.493 e. The molecule has 2 aromatic carbocycles. The van der Waals surface area contributed by atoms with Gasteiger partial charge in [-0.2, -0.15) is 0 Å². The number of halogens is 1. The first kappa shape index (κ1) is 23.0. The summed E-state index contributed by atoms with van der Waals surface area (Å²) in [6.45, 7) is 2.09. The molecule has 0 unspecified atom stereocenters. The van der Waals surface area contributed by atoms with Gasteiger partial charge in [-0.05, 0) is 36.2 Å². The molecule has 0 radical (unpaired) electrons. The fourth-order valence-electron chi connectivity index (χ4n) is 2.50. The van der Waals surface area contributed by atoms with Crippen molar-refractivity contribution < 1.29 is 17.9 Å². The highest BCUT2D eigenvalue weighted by Crippen LogP contribution is 2.29. The average Bonchev–Trinajstić information content (AvgIpc) is 2.58. The number of aryl methyl sites for hydroxylation is 1. The van der Waals surface area contributed by atoms with E-state index in [1.54, 1.807) is 57.5 Å². The Morgan fingerprint density at radius 1 is 1.11 bits per heavy atom. The molecule has 7 nitrogen and oxygen atoms in total. The van der Waals surface area contributed by atoms with Crippen molar-refractivity contribution in [2.45, 2.75) is 18.4 Å². The summed E-state index contributed by atoms with van der Waals surface area (Å²) in [5, 5.41) is 2.98. The minimum atomic E-state index is -3.23. The third kappa shape index (κ3) is 6.28. The summed E-state index contributed by atoms with van der Waals surface area (Å²) < 4.78 is 33.7. The van der Waals surface area contributed by atoms with Crippen molar-refractivity contribution in [3.8, 4) is 11.5 Å². The van der Waals surface area contributed by atoms with Gasteiger partial charge in [0.2, 0.25) is 0 Å². The summed E-state index contributed by atoms with van der Waals surface area (Å²) in [7, 11) is -0.105. The van der Waals surface area contributed by atoms with Gasteiger partial charge in [-0.3, -0.25) is 0 Å². The molecule has 0 bridgehead atoms. The van der Waals surface area contributed by atoms with Gasteiger partial charge in [0, 0.05) is 18.0 Å². The summed E-state index contributed by atoms with van der Waals surface area (Å²) >= 11 is 0. The van der Waals surface area contributed by atoms with Crippen LogP contribution >= 0.6 is 24.0 Å². The fraction of sp³-hybridized carbons (Fsp3) is 0.278. The van der Waals surface area contributed by atoms with Gasteiger partial charge in [0.15, 0.2) is 27.3 Å². The van der Waals surface area contributed by atoms with Crippen LogP contribution in [0.3, 0.4) is 0 Å². The number of nitrogens with zero attached hydrogens (tertiary/aromatic N) is 1. The predicted molar refractivity (Wildman–Crippen MR) is 118 cm³/mol. The van der Waals surface area contributed by atoms with Crippen molar-refractivity contribution >= 4 is 45.5 Å². The first-order chi connectivity index (χ1) is 12.2. The number of ether oxygens (including phenoxy) is 2. The minimum Gasteiger partial charge on any atom is -0.493 e. The minimum absolute atomic E-state index is 0. The number of hydrogen-bond donors (Lipinski definition) is 2. The first-order valence-electron chi connectivity index (χ1n) is 7.83. The molecular weight excluding hydrogens is 481 g/mol. The zero-order valence-corrected chi connectivity index (χ0v) is 18.8. The molecule has 9 heteroatoms. The second kappa shape index (κ2) is 9.79. The van der Waals surface area contributed by atoms with Crippen molar-refractivity contribution in [1.82, 2.24) is 0 Å². The van der Waals surface area contributed by atoms with Crippen molar-refractivity contribution in [3.05, 3.63) is 47.5 Å². The third-order valence-electron chi connectivity index (χ3n) is 3.73. The SMILES string of the molecule is COc1ccc(NC(N)=NCc2ccc(S(C)(=O)=O)c(C)c2)cc1OC.I. The highest BCUT2D eigenvalue weighted by atomic mass is 127. The lowest BCUT2D eigenvalue weighted by molar-refractivity contribution is 0.355. The van der Waals surface area contributed by atoms with E-state index in [-0.39, 0.29) is 29.9 Å². The lowest BCUT2D eigenvalue weighted by atomic mass is 10.1. The number of guanidine groups is 1. The maximum Gasteiger partial charge on any atom is 0.193 e. The topological polar surface area (TPSA) is 103 Å². The highest BCUT2D eigenvalue weighted by molar-refractivity contribution is 14.0. The molecule has 0 atom stereocenters. The number of nitrogens with one attached hydrogen (secondary N) is 1. The maximum atomic E-state index is 11.7. The van der Waals surface area contributed by atoms with E-state index in [0.717, 1.165) is 5.56 Å². The molecule has 0 aliphatic carbocycles. The van der Waals surface area contributed by atoms with Crippen LogP contribution in [0.4, 0.5) is 5.69 Å². The van der Waals surface area contributed by atoms with Gasteiger partial charge < -0.3 is 20.5 Å². The van der Waals surface area contributed by atoms with Crippen LogP contribution < -0.4 is 20.5 Å². The van der Waals surface area contributed by atoms with Crippen LogP contribution in [-0.2, 0) is 16.4 Å². The molecule has 0 spiro atoms. The zero-order chi connectivity index (χ0) is 19.3. The highest BCUT2D eigenvalue weighted by Gasteiger charge is 2.10. The van der Waals surface area contributed by atoms with E-state index in [1.165, 1.54) is 6.26 Å². The Morgan fingerprint density at radius 2 is 1.78 bits per heavy atom. The van der Waals surface area contributed by atoms with E-state index >= 15 is 0 Å². The summed E-state index contributed by atoms with van der Waals surface area (Å²) in [6.07, 6.45) is 1.19. The molecule has 3 N–H and O–H groups in total. The number of benzene rings is 2. The molecule has 0 aromatic heterocycles. The predicted octanol–water partition coefficient (Wildman–Crippen LogP) is 2.96. The molecule has 0 amide bonds. The molecule has 0 heterocycles. The van der Waals surface area contributed by atoms with Crippen LogP contribution in [0.15, 0.2) is 46.3 Å². The van der Waals surface area contributed by atoms with Crippen LogP contribution in [0.2, 0.25) is 0 Å². The van der Waals surface area contributed by atoms with E-state index in [9.17, 15) is 8.42 Å². The smallest absolute Gasteiger partial charge is 0.193 e. The molecule has 0 fully saturated rings. The van der Waals surface area contributed by atoms with Gasteiger partial charge >= 0.3 is 0 Å². The number of hydrogen-bond acceptors (Lipinski definition) is 5. The van der Waals surface area contributed by atoms with Crippen LogP contribution in [0, 0.1) is 6.92 Å². The van der Waals surface area contributed by atoms with E-state index in [1.807, 2.05) is 0 Å². The van der Waals surface area contributed by atoms with E-state index < -0.39 is 9.84 Å². The molecule has 0 saturated carbocycles. The summed E-state index contributed by atoms with van der Waals surface area (Å²) in [5.74, 6) is 1.44. The number of anilines is 1. The number of rotatable bonds is 6. The average molecular weight is 505 g/mol. The molecule has 0 saturated heterocycles. The molecule has 0 aliphatic heterocycles. The van der Waals surface area contributed by atoms with Crippen molar-refractivity contribution in [1.29, 1.82) is 0 Å². The van der Waals surface area contributed by atoms with Gasteiger partial charge in [0.1, 0.15) is 0 Å². The molecule has 0 aliphatic rings. The number of aliphatic imine (C=N–C) groups is 1. The van der Waals surface area contributed by atoms with E-state index in [4.69, 9.17) is 15.2 Å². The Kier molecular flexibility index (Phi) is 8.35. The summed E-state index contributed by atoms with van der Waals surface area (Å²) in [4.78, 5) is 4.60. The lowest BCUT2D eigenvalue weighted by Gasteiger charge is -2.11. The van der Waals surface area contributed by atoms with Crippen molar-refractivity contribution in [2.75, 3.05) is 25.8 Å². The van der Waals surface area contributed by atoms with Crippen LogP contribution in [-0.4, -0.2) is 34.9 Å². The zero-order valence-electron chi connectivity index (χ0n) is 15.6. The van der Waals surface area contributed by atoms with Crippen LogP contribution in [0.1, 0.15) is 11.1 Å². The Hall–Kier alpha value is -2.01. The Morgan fingerprint density at radius 3 is 2.33 bits per heavy atom. The molecule has 2 aromatic rings. The van der Waals surface area contributed by atoms with Gasteiger partial charge in [0.05, 0.1) is 25.7 Å². The lowest BCUT2D eigenvalue weighted by Crippen LogP contribution is -2.22. The van der Waals surface area contributed by atoms with Gasteiger partial charge in [0.25, 0.3) is 0 Å². The number of nitrogens with two attached hydrogens (primary N) is 1. The maximum absolute atomic E-state index is 11.7. The summed E-state index contributed by atoms with van der Waals surface area (Å²) in [5.41, 5.74) is 8.19. The molecule has 2 rings (SSSR count). The van der Waals surface area contributed by atoms with E-state index in [2.05, 4.69) is 10.3 Å². The second-order valence-corrected chi connectivity index (χ2v) is 7.75. The summed E-state index contributed by atoms with van der Waals surface area (Å²) in [6, 6.07) is 10.4. The van der Waals surface area contributed by atoms with Crippen LogP contribution in [0.25, 0.3) is 0 Å². The first-order valence-corrected chi connectivity index (χ1v) is 9.72. The molecule has 27 heavy (non-hydrogen) atoms. The fourth-order valence-corrected chi connectivity index (χ4v) is 3.46. The van der Waals surface area contributed by atoms with Gasteiger partial charge in [-0.15, -0.1) is 24.0 Å². The monoisotopic (exact) mass is 505 g/mol. The van der Waals surface area contributed by atoms with Gasteiger partial charge in [-0.25, -0.2) is 13.4 Å². The van der Waals surface area contributed by atoms with Crippen LogP contribution in [0.5, 0.6) is 11.5 Å². The number of methoxy groups -OCH3 is 2. The van der Waals surface area contributed by atoms with Crippen molar-refractivity contribution in [2.24, 2.45) is 10.7 Å². The van der Waals surface area contributed by atoms with Crippen molar-refractivity contribution in [3.63, 3.8) is 0 Å². The molecule has 148 valence electrons. The Bertz CT molecular complexity index is 930. The van der Waals surface area contributed by atoms with E-state index in [0.29, 0.717) is 34.2 Å². The second-order valence-electron chi connectivity index (χ2n) is 5.77. The Balaban J connectivity index is 0.00000364. The third-order valence-corrected chi connectivity index (χ3v) is 4.98.